The van der Waals surface area contributed by atoms with Gasteiger partial charge in [0.05, 0.1) is 25.4 Å². The Morgan fingerprint density at radius 1 is 0.609 bits per heavy atom. The lowest BCUT2D eigenvalue weighted by molar-refractivity contribution is -0.298. The van der Waals surface area contributed by atoms with Gasteiger partial charge < -0.3 is 40.3 Å². The van der Waals surface area contributed by atoms with Crippen molar-refractivity contribution in [3.63, 3.8) is 0 Å². The molecule has 1 aliphatic rings. The number of carbonyl (C=O) groups excluding carboxylic acids is 1. The van der Waals surface area contributed by atoms with E-state index in [1.807, 2.05) is 6.92 Å². The molecule has 1 fully saturated rings. The van der Waals surface area contributed by atoms with Gasteiger partial charge in [0.15, 0.2) is 6.29 Å². The van der Waals surface area contributed by atoms with Crippen LogP contribution in [0, 0.1) is 0 Å². The number of carbonyl (C=O) groups is 1. The normalized spacial score (nSPS) is 20.8. The second kappa shape index (κ2) is 40.8. The molecule has 0 radical (unpaired) electrons. The molecule has 1 saturated heterocycles. The fourth-order valence-electron chi connectivity index (χ4n) is 8.52. The number of aliphatic hydroxyl groups is 5. The molecule has 1 rings (SSSR count). The maximum absolute atomic E-state index is 13.0. The Morgan fingerprint density at radius 3 is 1.42 bits per heavy atom. The maximum atomic E-state index is 13.0. The summed E-state index contributed by atoms with van der Waals surface area (Å²) >= 11 is 0. The zero-order valence-electron chi connectivity index (χ0n) is 40.5. The van der Waals surface area contributed by atoms with E-state index >= 15 is 0 Å². The monoisotopic (exact) mass is 936 g/mol. The summed E-state index contributed by atoms with van der Waals surface area (Å²) in [5.74, 6) is -0.678. The highest BCUT2D eigenvalue weighted by atomic mass is 32.3. The fourth-order valence-corrected chi connectivity index (χ4v) is 9.03. The predicted octanol–water partition coefficient (Wildman–Crippen LogP) is 10.1. The molecule has 13 nitrogen and oxygen atoms in total. The molecule has 380 valence electrons. The molecule has 0 aromatic rings. The topological polar surface area (TPSA) is 212 Å². The quantitative estimate of drug-likeness (QED) is 0.0173. The zero-order chi connectivity index (χ0) is 47.1. The molecule has 7 N–H and O–H groups in total. The molecule has 0 aromatic carbocycles. The van der Waals surface area contributed by atoms with Gasteiger partial charge in [-0.15, -0.1) is 0 Å². The number of amides is 1. The Morgan fingerprint density at radius 2 is 1.00 bits per heavy atom. The average molecular weight is 936 g/mol. The van der Waals surface area contributed by atoms with E-state index in [0.717, 1.165) is 32.1 Å². The van der Waals surface area contributed by atoms with Crippen molar-refractivity contribution < 1.29 is 57.0 Å². The molecule has 1 amide bonds. The van der Waals surface area contributed by atoms with Crippen LogP contribution in [0.15, 0.2) is 12.2 Å². The van der Waals surface area contributed by atoms with E-state index in [1.54, 1.807) is 0 Å². The van der Waals surface area contributed by atoms with Crippen LogP contribution in [0.2, 0.25) is 0 Å². The molecule has 0 aliphatic carbocycles. The first-order valence-electron chi connectivity index (χ1n) is 26.2. The molecular formula is C50H97NO12S. The first kappa shape index (κ1) is 60.8. The van der Waals surface area contributed by atoms with Gasteiger partial charge in [0.25, 0.3) is 0 Å². The summed E-state index contributed by atoms with van der Waals surface area (Å²) in [6.45, 7) is 3.09. The summed E-state index contributed by atoms with van der Waals surface area (Å²) in [5.41, 5.74) is 0. The molecule has 8 unspecified atom stereocenters. The standard InChI is InChI=1S/C50H97NO12S/c1-3-5-7-8-9-10-11-12-13-14-15-16-17-18-19-20-21-22-23-24-25-26-27-28-29-30-31-32-33-34-35-37-39-44(54)49(57)51-42(43(53)38-36-6-4-2)41-61-50-47(56)48(63-64(58,59)60)46(55)45(40-52)62-50/h18-19,42-48,50,52-56H,3-17,20-41H2,1-2H3,(H,51,57)(H,58,59,60)/b19-18-. The number of ether oxygens (including phenoxy) is 2. The van der Waals surface area contributed by atoms with Crippen molar-refractivity contribution in [3.8, 4) is 0 Å². The molecule has 1 aliphatic heterocycles. The summed E-state index contributed by atoms with van der Waals surface area (Å²) in [6, 6.07) is -1.03. The van der Waals surface area contributed by atoms with Gasteiger partial charge in [0.2, 0.25) is 5.91 Å². The summed E-state index contributed by atoms with van der Waals surface area (Å²) in [4.78, 5) is 13.0. The highest BCUT2D eigenvalue weighted by molar-refractivity contribution is 7.80. The molecular weight excluding hydrogens is 839 g/mol. The molecule has 1 heterocycles. The van der Waals surface area contributed by atoms with Gasteiger partial charge in [0.1, 0.15) is 30.5 Å². The molecule has 0 saturated carbocycles. The predicted molar refractivity (Wildman–Crippen MR) is 256 cm³/mol. The number of rotatable bonds is 45. The van der Waals surface area contributed by atoms with Crippen LogP contribution >= 0.6 is 0 Å². The van der Waals surface area contributed by atoms with E-state index in [4.69, 9.17) is 14.0 Å². The first-order chi connectivity index (χ1) is 30.9. The zero-order valence-corrected chi connectivity index (χ0v) is 41.3. The van der Waals surface area contributed by atoms with E-state index in [-0.39, 0.29) is 6.42 Å². The molecule has 0 aromatic heterocycles. The molecule has 8 atom stereocenters. The second-order valence-electron chi connectivity index (χ2n) is 18.6. The van der Waals surface area contributed by atoms with Gasteiger partial charge in [0, 0.05) is 0 Å². The Hall–Kier alpha value is -1.20. The van der Waals surface area contributed by atoms with Crippen LogP contribution in [0.3, 0.4) is 0 Å². The van der Waals surface area contributed by atoms with Crippen LogP contribution in [0.5, 0.6) is 0 Å². The van der Waals surface area contributed by atoms with Crippen LogP contribution in [0.25, 0.3) is 0 Å². The fraction of sp³-hybridized carbons (Fsp3) is 0.940. The number of hydrogen-bond acceptors (Lipinski definition) is 11. The lowest BCUT2D eigenvalue weighted by Gasteiger charge is -2.41. The minimum atomic E-state index is -5.10. The Balaban J connectivity index is 2.09. The highest BCUT2D eigenvalue weighted by Crippen LogP contribution is 2.26. The second-order valence-corrected chi connectivity index (χ2v) is 19.7. The van der Waals surface area contributed by atoms with Crippen molar-refractivity contribution in [2.24, 2.45) is 0 Å². The van der Waals surface area contributed by atoms with Crippen molar-refractivity contribution in [2.45, 2.75) is 288 Å². The van der Waals surface area contributed by atoms with Gasteiger partial charge in [-0.3, -0.25) is 9.35 Å². The minimum absolute atomic E-state index is 0.261. The van der Waals surface area contributed by atoms with E-state index < -0.39 is 78.5 Å². The number of allylic oxidation sites excluding steroid dienone is 2. The third kappa shape index (κ3) is 32.5. The van der Waals surface area contributed by atoms with Gasteiger partial charge in [-0.2, -0.15) is 8.42 Å². The lowest BCUT2D eigenvalue weighted by Crippen LogP contribution is -2.61. The van der Waals surface area contributed by atoms with Crippen molar-refractivity contribution >= 4 is 16.3 Å². The average Bonchev–Trinajstić information content (AvgIpc) is 3.27. The van der Waals surface area contributed by atoms with Crippen molar-refractivity contribution in [3.05, 3.63) is 12.2 Å². The summed E-state index contributed by atoms with van der Waals surface area (Å²) in [7, 11) is -5.10. The molecule has 14 heteroatoms. The lowest BCUT2D eigenvalue weighted by atomic mass is 9.99. The number of unbranched alkanes of at least 4 members (excludes halogenated alkanes) is 30. The number of nitrogens with one attached hydrogen (secondary N) is 1. The van der Waals surface area contributed by atoms with Crippen LogP contribution in [-0.2, 0) is 28.9 Å². The van der Waals surface area contributed by atoms with Crippen LogP contribution in [0.4, 0.5) is 0 Å². The van der Waals surface area contributed by atoms with Crippen molar-refractivity contribution in [2.75, 3.05) is 13.2 Å². The third-order valence-corrected chi connectivity index (χ3v) is 13.1. The largest absolute Gasteiger partial charge is 0.397 e. The van der Waals surface area contributed by atoms with Gasteiger partial charge in [-0.25, -0.2) is 4.18 Å². The summed E-state index contributed by atoms with van der Waals surface area (Å²) < 4.78 is 47.1. The van der Waals surface area contributed by atoms with E-state index in [0.29, 0.717) is 19.3 Å². The molecule has 0 spiro atoms. The number of aliphatic hydroxyl groups excluding tert-OH is 5. The van der Waals surface area contributed by atoms with Crippen LogP contribution < -0.4 is 5.32 Å². The smallest absolute Gasteiger partial charge is 0.394 e. The third-order valence-electron chi connectivity index (χ3n) is 12.7. The van der Waals surface area contributed by atoms with E-state index in [2.05, 4.69) is 28.6 Å². The van der Waals surface area contributed by atoms with E-state index in [1.165, 1.54) is 167 Å². The summed E-state index contributed by atoms with van der Waals surface area (Å²) in [6.07, 6.45) is 35.7. The van der Waals surface area contributed by atoms with Crippen LogP contribution in [0.1, 0.15) is 239 Å². The van der Waals surface area contributed by atoms with E-state index in [9.17, 15) is 38.7 Å². The SMILES string of the molecule is CCCCCCCCCCCCCC/C=C\CCCCCCCCCCCCCCCCCCC(O)C(=O)NC(COC1OC(CO)C(O)C(OS(=O)(=O)O)C1O)C(O)CCCCC. The van der Waals surface area contributed by atoms with Crippen molar-refractivity contribution in [1.82, 2.24) is 5.32 Å². The van der Waals surface area contributed by atoms with Crippen LogP contribution in [-0.4, -0.2) is 107 Å². The summed E-state index contributed by atoms with van der Waals surface area (Å²) in [5, 5.41) is 54.7. The highest BCUT2D eigenvalue weighted by Gasteiger charge is 2.48. The first-order valence-corrected chi connectivity index (χ1v) is 27.5. The maximum Gasteiger partial charge on any atom is 0.397 e. The van der Waals surface area contributed by atoms with Gasteiger partial charge in [-0.1, -0.05) is 212 Å². The van der Waals surface area contributed by atoms with Gasteiger partial charge >= 0.3 is 10.4 Å². The Kier molecular flexibility index (Phi) is 38.8. The molecule has 64 heavy (non-hydrogen) atoms. The van der Waals surface area contributed by atoms with Crippen molar-refractivity contribution in [1.29, 1.82) is 0 Å². The van der Waals surface area contributed by atoms with Gasteiger partial charge in [-0.05, 0) is 38.5 Å². The Labute approximate surface area is 390 Å². The number of hydrogen-bond donors (Lipinski definition) is 7. The Bertz CT molecular complexity index is 1210. The minimum Gasteiger partial charge on any atom is -0.394 e. The molecule has 0 bridgehead atoms.